The molecule has 29 heavy (non-hydrogen) atoms. The second-order valence-electron chi connectivity index (χ2n) is 6.94. The fourth-order valence-electron chi connectivity index (χ4n) is 3.25. The van der Waals surface area contributed by atoms with E-state index in [0.717, 1.165) is 36.3 Å². The van der Waals surface area contributed by atoms with Crippen molar-refractivity contribution in [2.75, 3.05) is 0 Å². The van der Waals surface area contributed by atoms with Crippen molar-refractivity contribution >= 4 is 23.2 Å². The van der Waals surface area contributed by atoms with Gasteiger partial charge < -0.3 is 9.26 Å². The predicted molar refractivity (Wildman–Crippen MR) is 108 cm³/mol. The van der Waals surface area contributed by atoms with Crippen LogP contribution in [0.1, 0.15) is 53.9 Å². The maximum Gasteiger partial charge on any atom is 0.279 e. The Morgan fingerprint density at radius 1 is 1.14 bits per heavy atom. The first-order chi connectivity index (χ1) is 14.0. The lowest BCUT2D eigenvalue weighted by Crippen LogP contribution is -2.41. The number of carbonyl (C=O) groups excluding carboxylic acids is 2. The van der Waals surface area contributed by atoms with Gasteiger partial charge in [0.05, 0.1) is 16.1 Å². The van der Waals surface area contributed by atoms with E-state index >= 15 is 0 Å². The zero-order valence-corrected chi connectivity index (χ0v) is 17.0. The molecule has 0 unspecified atom stereocenters. The van der Waals surface area contributed by atoms with Crippen molar-refractivity contribution in [3.63, 3.8) is 0 Å². The Balaban J connectivity index is 1.30. The third-order valence-electron chi connectivity index (χ3n) is 4.94. The van der Waals surface area contributed by atoms with Gasteiger partial charge in [0.2, 0.25) is 0 Å². The van der Waals surface area contributed by atoms with E-state index in [1.807, 2.05) is 19.9 Å². The summed E-state index contributed by atoms with van der Waals surface area (Å²) in [5.41, 5.74) is 8.31. The van der Waals surface area contributed by atoms with Gasteiger partial charge >= 0.3 is 0 Å². The van der Waals surface area contributed by atoms with Crippen LogP contribution < -0.4 is 15.6 Å². The van der Waals surface area contributed by atoms with Crippen LogP contribution in [0.3, 0.4) is 0 Å². The standard InChI is InChI=1S/C21H21N3O4S/c1-12-17(13(2)28-24-12)11-27-16-8-6-14(7-9-16)20(25)22-23-21(26)19-10-15-4-3-5-18(15)29-19/h6-10H,3-5,11H2,1-2H3,(H,22,25)(H,23,26). The van der Waals surface area contributed by atoms with Crippen molar-refractivity contribution in [1.82, 2.24) is 16.0 Å². The van der Waals surface area contributed by atoms with Crippen LogP contribution in [0.5, 0.6) is 5.75 Å². The minimum atomic E-state index is -0.389. The van der Waals surface area contributed by atoms with Gasteiger partial charge in [-0.15, -0.1) is 11.3 Å². The summed E-state index contributed by atoms with van der Waals surface area (Å²) in [6.45, 7) is 4.04. The van der Waals surface area contributed by atoms with Gasteiger partial charge in [-0.2, -0.15) is 0 Å². The number of hydrazine groups is 1. The zero-order chi connectivity index (χ0) is 20.4. The maximum atomic E-state index is 12.3. The zero-order valence-electron chi connectivity index (χ0n) is 16.2. The fraction of sp³-hybridized carbons (Fsp3) is 0.286. The number of nitrogens with zero attached hydrogens (tertiary/aromatic N) is 1. The van der Waals surface area contributed by atoms with Gasteiger partial charge in [-0.25, -0.2) is 0 Å². The van der Waals surface area contributed by atoms with Crippen LogP contribution >= 0.6 is 11.3 Å². The van der Waals surface area contributed by atoms with E-state index in [1.165, 1.54) is 21.8 Å². The van der Waals surface area contributed by atoms with Crippen LogP contribution in [0.25, 0.3) is 0 Å². The molecule has 1 aromatic carbocycles. The monoisotopic (exact) mass is 411 g/mol. The molecular formula is C21H21N3O4S. The summed E-state index contributed by atoms with van der Waals surface area (Å²) >= 11 is 1.49. The Kier molecular flexibility index (Phi) is 5.35. The van der Waals surface area contributed by atoms with Crippen molar-refractivity contribution in [2.24, 2.45) is 0 Å². The van der Waals surface area contributed by atoms with Crippen LogP contribution in [0.4, 0.5) is 0 Å². The number of thiophene rings is 1. The summed E-state index contributed by atoms with van der Waals surface area (Å²) in [7, 11) is 0. The lowest BCUT2D eigenvalue weighted by molar-refractivity contribution is 0.0849. The summed E-state index contributed by atoms with van der Waals surface area (Å²) < 4.78 is 10.8. The first-order valence-electron chi connectivity index (χ1n) is 9.38. The highest BCUT2D eigenvalue weighted by Crippen LogP contribution is 2.30. The van der Waals surface area contributed by atoms with Gasteiger partial charge in [-0.1, -0.05) is 5.16 Å². The second kappa shape index (κ2) is 8.08. The molecule has 0 fully saturated rings. The smallest absolute Gasteiger partial charge is 0.279 e. The molecule has 1 aliphatic rings. The number of fused-ring (bicyclic) bond motifs is 1. The largest absolute Gasteiger partial charge is 0.489 e. The van der Waals surface area contributed by atoms with Crippen molar-refractivity contribution < 1.29 is 18.8 Å². The van der Waals surface area contributed by atoms with Gasteiger partial charge in [0, 0.05) is 10.4 Å². The van der Waals surface area contributed by atoms with E-state index in [1.54, 1.807) is 24.3 Å². The number of aromatic nitrogens is 1. The van der Waals surface area contributed by atoms with E-state index in [-0.39, 0.29) is 11.8 Å². The lowest BCUT2D eigenvalue weighted by Gasteiger charge is -2.08. The normalized spacial score (nSPS) is 12.5. The molecule has 0 radical (unpaired) electrons. The highest BCUT2D eigenvalue weighted by atomic mass is 32.1. The third kappa shape index (κ3) is 4.17. The molecular weight excluding hydrogens is 390 g/mol. The molecule has 0 atom stereocenters. The average Bonchev–Trinajstić information content (AvgIpc) is 3.40. The number of aryl methyl sites for hydroxylation is 4. The SMILES string of the molecule is Cc1noc(C)c1COc1ccc(C(=O)NNC(=O)c2cc3c(s2)CCC3)cc1. The van der Waals surface area contributed by atoms with Gasteiger partial charge in [0.1, 0.15) is 18.1 Å². The van der Waals surface area contributed by atoms with E-state index in [9.17, 15) is 9.59 Å². The molecule has 2 amide bonds. The number of rotatable bonds is 5. The van der Waals surface area contributed by atoms with Gasteiger partial charge in [0.25, 0.3) is 11.8 Å². The van der Waals surface area contributed by atoms with Crippen LogP contribution in [0.15, 0.2) is 34.9 Å². The van der Waals surface area contributed by atoms with Gasteiger partial charge in [-0.3, -0.25) is 20.4 Å². The van der Waals surface area contributed by atoms with Crippen molar-refractivity contribution in [3.05, 3.63) is 68.2 Å². The number of hydrogen-bond donors (Lipinski definition) is 2. The first kappa shape index (κ1) is 19.2. The molecule has 150 valence electrons. The summed E-state index contributed by atoms with van der Waals surface area (Å²) in [4.78, 5) is 26.4. The Morgan fingerprint density at radius 2 is 1.90 bits per heavy atom. The number of nitrogens with one attached hydrogen (secondary N) is 2. The number of hydrogen-bond acceptors (Lipinski definition) is 6. The van der Waals surface area contributed by atoms with E-state index in [2.05, 4.69) is 16.0 Å². The molecule has 2 aromatic heterocycles. The van der Waals surface area contributed by atoms with Gasteiger partial charge in [0.15, 0.2) is 0 Å². The molecule has 2 N–H and O–H groups in total. The number of carbonyl (C=O) groups is 2. The molecule has 0 saturated heterocycles. The van der Waals surface area contributed by atoms with Crippen molar-refractivity contribution in [3.8, 4) is 5.75 Å². The summed E-state index contributed by atoms with van der Waals surface area (Å²) in [6.07, 6.45) is 3.21. The molecule has 2 heterocycles. The highest BCUT2D eigenvalue weighted by Gasteiger charge is 2.19. The number of ether oxygens (including phenoxy) is 1. The van der Waals surface area contributed by atoms with Crippen LogP contribution in [-0.4, -0.2) is 17.0 Å². The third-order valence-corrected chi connectivity index (χ3v) is 6.18. The summed E-state index contributed by atoms with van der Waals surface area (Å²) in [5, 5.41) is 3.89. The molecule has 3 aromatic rings. The number of benzene rings is 1. The average molecular weight is 411 g/mol. The summed E-state index contributed by atoms with van der Waals surface area (Å²) in [5.74, 6) is 0.667. The predicted octanol–water partition coefficient (Wildman–Crippen LogP) is 3.50. The molecule has 7 nitrogen and oxygen atoms in total. The maximum absolute atomic E-state index is 12.3. The van der Waals surface area contributed by atoms with Crippen LogP contribution in [0, 0.1) is 13.8 Å². The second-order valence-corrected chi connectivity index (χ2v) is 8.07. The number of amides is 2. The Hall–Kier alpha value is -3.13. The van der Waals surface area contributed by atoms with E-state index in [4.69, 9.17) is 9.26 Å². The molecule has 0 saturated carbocycles. The minimum Gasteiger partial charge on any atom is -0.489 e. The van der Waals surface area contributed by atoms with Gasteiger partial charge in [-0.05, 0) is 69.0 Å². The van der Waals surface area contributed by atoms with Crippen LogP contribution in [-0.2, 0) is 19.4 Å². The minimum absolute atomic E-state index is 0.294. The first-order valence-corrected chi connectivity index (χ1v) is 10.2. The Labute approximate surface area is 172 Å². The molecule has 4 rings (SSSR count). The van der Waals surface area contributed by atoms with E-state index in [0.29, 0.717) is 22.8 Å². The molecule has 0 aliphatic heterocycles. The quantitative estimate of drug-likeness (QED) is 0.627. The molecule has 1 aliphatic carbocycles. The molecule has 0 spiro atoms. The Morgan fingerprint density at radius 3 is 2.59 bits per heavy atom. The Bertz CT molecular complexity index is 1010. The van der Waals surface area contributed by atoms with Crippen molar-refractivity contribution in [1.29, 1.82) is 0 Å². The lowest BCUT2D eigenvalue weighted by atomic mass is 10.2. The van der Waals surface area contributed by atoms with Crippen LogP contribution in [0.2, 0.25) is 0 Å². The molecule has 8 heteroatoms. The van der Waals surface area contributed by atoms with Crippen molar-refractivity contribution in [2.45, 2.75) is 39.7 Å². The molecule has 0 bridgehead atoms. The highest BCUT2D eigenvalue weighted by molar-refractivity contribution is 7.14. The topological polar surface area (TPSA) is 93.5 Å². The fourth-order valence-corrected chi connectivity index (χ4v) is 4.40. The van der Waals surface area contributed by atoms with E-state index < -0.39 is 0 Å². The summed E-state index contributed by atoms with van der Waals surface area (Å²) in [6, 6.07) is 8.62.